The van der Waals surface area contributed by atoms with Crippen molar-refractivity contribution in [3.63, 3.8) is 0 Å². The first-order valence-corrected chi connectivity index (χ1v) is 12.1. The summed E-state index contributed by atoms with van der Waals surface area (Å²) < 4.78 is 4.15. The Labute approximate surface area is 205 Å². The van der Waals surface area contributed by atoms with Crippen molar-refractivity contribution >= 4 is 46.1 Å². The highest BCUT2D eigenvalue weighted by molar-refractivity contribution is 7.99. The highest BCUT2D eigenvalue weighted by Crippen LogP contribution is 2.24. The average Bonchev–Trinajstić information content (AvgIpc) is 3.20. The van der Waals surface area contributed by atoms with E-state index in [4.69, 9.17) is 11.6 Å². The summed E-state index contributed by atoms with van der Waals surface area (Å²) in [6.07, 6.45) is 0.926. The van der Waals surface area contributed by atoms with E-state index in [1.165, 1.54) is 28.9 Å². The van der Waals surface area contributed by atoms with Crippen molar-refractivity contribution in [3.05, 3.63) is 85.5 Å². The minimum absolute atomic E-state index is 0.0910. The number of fused-ring (bicyclic) bond motifs is 1. The van der Waals surface area contributed by atoms with E-state index in [2.05, 4.69) is 17.2 Å². The fraction of sp³-hybridized carbons (Fsp3) is 0.250. The van der Waals surface area contributed by atoms with Crippen LogP contribution in [0.1, 0.15) is 18.1 Å². The number of carbonyl (C=O) groups excluding carboxylic acids is 1. The van der Waals surface area contributed by atoms with Gasteiger partial charge in [0, 0.05) is 24.8 Å². The van der Waals surface area contributed by atoms with Crippen LogP contribution in [0.2, 0.25) is 5.02 Å². The quantitative estimate of drug-likeness (QED) is 0.395. The Morgan fingerprint density at radius 3 is 2.29 bits per heavy atom. The number of carbonyl (C=O) groups is 1. The van der Waals surface area contributed by atoms with Gasteiger partial charge < -0.3 is 9.88 Å². The van der Waals surface area contributed by atoms with Crippen molar-refractivity contribution in [2.75, 3.05) is 11.1 Å². The summed E-state index contributed by atoms with van der Waals surface area (Å²) in [5, 5.41) is 3.96. The molecule has 4 rings (SSSR count). The molecule has 2 aromatic carbocycles. The number of benzene rings is 2. The number of nitrogens with one attached hydrogen (secondary N) is 1. The maximum Gasteiger partial charge on any atom is 0.332 e. The molecule has 2 heterocycles. The molecule has 2 aromatic heterocycles. The lowest BCUT2D eigenvalue weighted by molar-refractivity contribution is -0.113. The topological polar surface area (TPSA) is 90.9 Å². The van der Waals surface area contributed by atoms with Gasteiger partial charge in [0.2, 0.25) is 5.91 Å². The van der Waals surface area contributed by atoms with Gasteiger partial charge in [-0.2, -0.15) is 0 Å². The summed E-state index contributed by atoms with van der Waals surface area (Å²) in [6.45, 7) is 2.41. The van der Waals surface area contributed by atoms with Gasteiger partial charge in [-0.3, -0.25) is 18.7 Å². The molecule has 0 saturated heterocycles. The van der Waals surface area contributed by atoms with Gasteiger partial charge in [-0.05, 0) is 41.8 Å². The van der Waals surface area contributed by atoms with Crippen molar-refractivity contribution in [3.8, 4) is 0 Å². The van der Waals surface area contributed by atoms with Gasteiger partial charge >= 0.3 is 5.69 Å². The number of rotatable bonds is 7. The molecule has 0 radical (unpaired) electrons. The molecular formula is C24H24ClN5O3S. The van der Waals surface area contributed by atoms with Crippen molar-refractivity contribution in [1.29, 1.82) is 0 Å². The van der Waals surface area contributed by atoms with Crippen LogP contribution >= 0.6 is 23.4 Å². The molecule has 0 bridgehead atoms. The molecule has 10 heteroatoms. The van der Waals surface area contributed by atoms with E-state index >= 15 is 0 Å². The highest BCUT2D eigenvalue weighted by atomic mass is 35.5. The van der Waals surface area contributed by atoms with Crippen LogP contribution in [0.25, 0.3) is 11.2 Å². The van der Waals surface area contributed by atoms with Crippen molar-refractivity contribution < 1.29 is 4.79 Å². The third kappa shape index (κ3) is 4.80. The molecule has 0 aliphatic rings. The van der Waals surface area contributed by atoms with E-state index < -0.39 is 11.2 Å². The number of amides is 1. The lowest BCUT2D eigenvalue weighted by atomic mass is 10.1. The molecule has 34 heavy (non-hydrogen) atoms. The van der Waals surface area contributed by atoms with Crippen LogP contribution in [0, 0.1) is 0 Å². The highest BCUT2D eigenvalue weighted by Gasteiger charge is 2.20. The first-order valence-electron chi connectivity index (χ1n) is 10.7. The molecule has 0 saturated carbocycles. The number of anilines is 1. The van der Waals surface area contributed by atoms with Gasteiger partial charge in [-0.25, -0.2) is 9.78 Å². The summed E-state index contributed by atoms with van der Waals surface area (Å²) in [5.41, 5.74) is 2.49. The molecule has 4 aromatic rings. The molecule has 0 spiro atoms. The van der Waals surface area contributed by atoms with Crippen molar-refractivity contribution in [2.24, 2.45) is 14.1 Å². The van der Waals surface area contributed by atoms with E-state index in [1.54, 1.807) is 23.7 Å². The standard InChI is InChI=1S/C24H24ClN5O3S/c1-4-15-7-11-18(12-8-15)26-19(31)14-34-23-27-21-20(22(32)29(3)24(33)28(21)2)30(23)13-16-5-9-17(25)10-6-16/h5-12H,4,13-14H2,1-3H3,(H,26,31). The van der Waals surface area contributed by atoms with Crippen LogP contribution in [-0.2, 0) is 31.9 Å². The van der Waals surface area contributed by atoms with Crippen LogP contribution in [0.5, 0.6) is 0 Å². The maximum absolute atomic E-state index is 13.0. The first kappa shape index (κ1) is 23.8. The number of halogens is 1. The zero-order chi connectivity index (χ0) is 24.4. The number of aryl methyl sites for hydroxylation is 2. The van der Waals surface area contributed by atoms with E-state index in [-0.39, 0.29) is 17.3 Å². The molecule has 1 amide bonds. The minimum atomic E-state index is -0.460. The second-order valence-corrected chi connectivity index (χ2v) is 9.25. The Bertz CT molecular complexity index is 1470. The summed E-state index contributed by atoms with van der Waals surface area (Å²) in [5.74, 6) is -0.102. The zero-order valence-corrected chi connectivity index (χ0v) is 20.6. The SMILES string of the molecule is CCc1ccc(NC(=O)CSc2nc3c(c(=O)n(C)c(=O)n3C)n2Cc2ccc(Cl)cc2)cc1. The van der Waals surface area contributed by atoms with Gasteiger partial charge in [0.1, 0.15) is 0 Å². The van der Waals surface area contributed by atoms with Gasteiger partial charge in [-0.15, -0.1) is 0 Å². The molecule has 176 valence electrons. The predicted molar refractivity (Wildman–Crippen MR) is 136 cm³/mol. The number of hydrogen-bond acceptors (Lipinski definition) is 5. The summed E-state index contributed by atoms with van der Waals surface area (Å²) in [4.78, 5) is 42.6. The second-order valence-electron chi connectivity index (χ2n) is 7.87. The van der Waals surface area contributed by atoms with Gasteiger partial charge in [-0.1, -0.05) is 54.6 Å². The summed E-state index contributed by atoms with van der Waals surface area (Å²) in [7, 11) is 3.01. The molecule has 8 nitrogen and oxygen atoms in total. The largest absolute Gasteiger partial charge is 0.332 e. The predicted octanol–water partition coefficient (Wildman–Crippen LogP) is 3.43. The van der Waals surface area contributed by atoms with Crippen LogP contribution in [0.15, 0.2) is 63.3 Å². The van der Waals surface area contributed by atoms with Crippen molar-refractivity contribution in [2.45, 2.75) is 25.0 Å². The van der Waals surface area contributed by atoms with Crippen LogP contribution in [0.4, 0.5) is 5.69 Å². The van der Waals surface area contributed by atoms with Crippen LogP contribution < -0.4 is 16.6 Å². The maximum atomic E-state index is 13.0. The third-order valence-corrected chi connectivity index (χ3v) is 6.77. The van der Waals surface area contributed by atoms with E-state index in [9.17, 15) is 14.4 Å². The number of hydrogen-bond donors (Lipinski definition) is 1. The molecule has 0 fully saturated rings. The number of aromatic nitrogens is 4. The molecule has 1 N–H and O–H groups in total. The van der Waals surface area contributed by atoms with Crippen LogP contribution in [-0.4, -0.2) is 30.3 Å². The monoisotopic (exact) mass is 497 g/mol. The fourth-order valence-corrected chi connectivity index (χ4v) is 4.53. The Morgan fingerprint density at radius 2 is 1.65 bits per heavy atom. The number of nitrogens with zero attached hydrogens (tertiary/aromatic N) is 4. The normalized spacial score (nSPS) is 11.2. The Morgan fingerprint density at radius 1 is 1.00 bits per heavy atom. The Hall–Kier alpha value is -3.30. The molecule has 0 atom stereocenters. The van der Waals surface area contributed by atoms with Gasteiger partial charge in [0.25, 0.3) is 5.56 Å². The minimum Gasteiger partial charge on any atom is -0.325 e. The van der Waals surface area contributed by atoms with E-state index in [0.29, 0.717) is 27.9 Å². The summed E-state index contributed by atoms with van der Waals surface area (Å²) >= 11 is 7.22. The molecule has 0 unspecified atom stereocenters. The van der Waals surface area contributed by atoms with Gasteiger partial charge in [0.05, 0.1) is 12.3 Å². The van der Waals surface area contributed by atoms with Gasteiger partial charge in [0.15, 0.2) is 16.3 Å². The van der Waals surface area contributed by atoms with E-state index in [1.807, 2.05) is 36.4 Å². The smallest absolute Gasteiger partial charge is 0.325 e. The number of thioether (sulfide) groups is 1. The first-order chi connectivity index (χ1) is 16.3. The van der Waals surface area contributed by atoms with Crippen LogP contribution in [0.3, 0.4) is 0 Å². The lowest BCUT2D eigenvalue weighted by Crippen LogP contribution is -2.37. The van der Waals surface area contributed by atoms with E-state index in [0.717, 1.165) is 16.6 Å². The fourth-order valence-electron chi connectivity index (χ4n) is 3.61. The zero-order valence-electron chi connectivity index (χ0n) is 19.0. The molecule has 0 aliphatic heterocycles. The molecular weight excluding hydrogens is 474 g/mol. The Kier molecular flexibility index (Phi) is 6.95. The molecule has 0 aliphatic carbocycles. The average molecular weight is 498 g/mol. The van der Waals surface area contributed by atoms with Crippen molar-refractivity contribution in [1.82, 2.24) is 18.7 Å². The number of imidazole rings is 1. The lowest BCUT2D eigenvalue weighted by Gasteiger charge is -2.10. The Balaban J connectivity index is 1.66. The third-order valence-electron chi connectivity index (χ3n) is 5.55. The summed E-state index contributed by atoms with van der Waals surface area (Å²) in [6, 6.07) is 15.0. The second kappa shape index (κ2) is 9.90.